The maximum absolute atomic E-state index is 11.4. The standard InChI is InChI=1S/C14H27NO/c1-5-13(10-14-6-7-14)8-9-15(11(2)3)12(4)16/h11,13-14H,5-10H2,1-4H3. The van der Waals surface area contributed by atoms with Gasteiger partial charge in [0, 0.05) is 19.5 Å². The van der Waals surface area contributed by atoms with Gasteiger partial charge in [-0.25, -0.2) is 0 Å². The van der Waals surface area contributed by atoms with Gasteiger partial charge in [-0.2, -0.15) is 0 Å². The normalized spacial score (nSPS) is 17.6. The molecule has 1 unspecified atom stereocenters. The largest absolute Gasteiger partial charge is 0.341 e. The Bertz CT molecular complexity index is 221. The van der Waals surface area contributed by atoms with Gasteiger partial charge in [-0.1, -0.05) is 26.2 Å². The number of hydrogen-bond acceptors (Lipinski definition) is 1. The summed E-state index contributed by atoms with van der Waals surface area (Å²) >= 11 is 0. The lowest BCUT2D eigenvalue weighted by molar-refractivity contribution is -0.130. The topological polar surface area (TPSA) is 20.3 Å². The molecule has 0 aromatic heterocycles. The van der Waals surface area contributed by atoms with Crippen LogP contribution >= 0.6 is 0 Å². The first-order valence-electron chi connectivity index (χ1n) is 6.81. The van der Waals surface area contributed by atoms with E-state index >= 15 is 0 Å². The lowest BCUT2D eigenvalue weighted by atomic mass is 9.95. The molecule has 1 saturated carbocycles. The van der Waals surface area contributed by atoms with Crippen LogP contribution in [0.5, 0.6) is 0 Å². The van der Waals surface area contributed by atoms with Crippen LogP contribution in [-0.4, -0.2) is 23.4 Å². The van der Waals surface area contributed by atoms with Gasteiger partial charge < -0.3 is 4.90 Å². The summed E-state index contributed by atoms with van der Waals surface area (Å²) in [6.45, 7) is 9.10. The zero-order valence-corrected chi connectivity index (χ0v) is 11.3. The Balaban J connectivity index is 2.30. The van der Waals surface area contributed by atoms with Crippen LogP contribution in [-0.2, 0) is 4.79 Å². The first kappa shape index (κ1) is 13.5. The smallest absolute Gasteiger partial charge is 0.219 e. The van der Waals surface area contributed by atoms with E-state index in [0.717, 1.165) is 18.4 Å². The van der Waals surface area contributed by atoms with Crippen LogP contribution in [0.4, 0.5) is 0 Å². The maximum atomic E-state index is 11.4. The third-order valence-electron chi connectivity index (χ3n) is 3.75. The van der Waals surface area contributed by atoms with Crippen molar-refractivity contribution < 1.29 is 4.79 Å². The van der Waals surface area contributed by atoms with Gasteiger partial charge >= 0.3 is 0 Å². The summed E-state index contributed by atoms with van der Waals surface area (Å²) in [5.41, 5.74) is 0. The van der Waals surface area contributed by atoms with Crippen LogP contribution in [0.25, 0.3) is 0 Å². The van der Waals surface area contributed by atoms with Crippen molar-refractivity contribution in [3.05, 3.63) is 0 Å². The Morgan fingerprint density at radius 3 is 2.38 bits per heavy atom. The molecule has 1 atom stereocenters. The lowest BCUT2D eigenvalue weighted by Gasteiger charge is -2.27. The fourth-order valence-corrected chi connectivity index (χ4v) is 2.41. The van der Waals surface area contributed by atoms with Gasteiger partial charge in [0.2, 0.25) is 5.91 Å². The van der Waals surface area contributed by atoms with Crippen LogP contribution in [0.1, 0.15) is 59.8 Å². The molecule has 0 aromatic carbocycles. The summed E-state index contributed by atoms with van der Waals surface area (Å²) in [5.74, 6) is 2.05. The highest BCUT2D eigenvalue weighted by Crippen LogP contribution is 2.37. The molecular weight excluding hydrogens is 198 g/mol. The molecule has 1 rings (SSSR count). The predicted molar refractivity (Wildman–Crippen MR) is 68.3 cm³/mol. The minimum absolute atomic E-state index is 0.219. The zero-order chi connectivity index (χ0) is 12.1. The first-order chi connectivity index (χ1) is 7.54. The van der Waals surface area contributed by atoms with E-state index in [4.69, 9.17) is 0 Å². The second-order valence-electron chi connectivity index (χ2n) is 5.55. The Morgan fingerprint density at radius 2 is 2.00 bits per heavy atom. The van der Waals surface area contributed by atoms with Crippen molar-refractivity contribution in [2.75, 3.05) is 6.54 Å². The molecule has 1 fully saturated rings. The first-order valence-corrected chi connectivity index (χ1v) is 6.81. The van der Waals surface area contributed by atoms with Crippen molar-refractivity contribution in [1.29, 1.82) is 0 Å². The number of rotatable bonds is 7. The molecule has 94 valence electrons. The van der Waals surface area contributed by atoms with Crippen molar-refractivity contribution >= 4 is 5.91 Å². The van der Waals surface area contributed by atoms with E-state index in [1.165, 1.54) is 32.1 Å². The Labute approximate surface area is 100 Å². The third kappa shape index (κ3) is 4.54. The fourth-order valence-electron chi connectivity index (χ4n) is 2.41. The summed E-state index contributed by atoms with van der Waals surface area (Å²) in [6, 6.07) is 0.343. The van der Waals surface area contributed by atoms with Gasteiger partial charge in [0.15, 0.2) is 0 Å². The van der Waals surface area contributed by atoms with Gasteiger partial charge in [-0.05, 0) is 38.5 Å². The van der Waals surface area contributed by atoms with Crippen molar-refractivity contribution in [2.45, 2.75) is 65.8 Å². The molecule has 1 aliphatic rings. The molecular formula is C14H27NO. The van der Waals surface area contributed by atoms with Gasteiger partial charge in [0.1, 0.15) is 0 Å². The molecule has 2 nitrogen and oxygen atoms in total. The predicted octanol–water partition coefficient (Wildman–Crippen LogP) is 3.46. The maximum Gasteiger partial charge on any atom is 0.219 e. The molecule has 16 heavy (non-hydrogen) atoms. The van der Waals surface area contributed by atoms with Crippen LogP contribution in [0.15, 0.2) is 0 Å². The van der Waals surface area contributed by atoms with Crippen LogP contribution in [0, 0.1) is 11.8 Å². The molecule has 0 heterocycles. The van der Waals surface area contributed by atoms with Gasteiger partial charge in [-0.3, -0.25) is 4.79 Å². The van der Waals surface area contributed by atoms with Crippen LogP contribution in [0.2, 0.25) is 0 Å². The highest BCUT2D eigenvalue weighted by molar-refractivity contribution is 5.73. The molecule has 2 heteroatoms. The van der Waals surface area contributed by atoms with E-state index in [0.29, 0.717) is 6.04 Å². The fraction of sp³-hybridized carbons (Fsp3) is 0.929. The van der Waals surface area contributed by atoms with Crippen molar-refractivity contribution in [1.82, 2.24) is 4.90 Å². The highest BCUT2D eigenvalue weighted by atomic mass is 16.2. The van der Waals surface area contributed by atoms with Crippen molar-refractivity contribution in [3.63, 3.8) is 0 Å². The Kier molecular flexibility index (Phi) is 5.30. The summed E-state index contributed by atoms with van der Waals surface area (Å²) < 4.78 is 0. The second kappa shape index (κ2) is 6.27. The molecule has 0 aliphatic heterocycles. The average Bonchev–Trinajstić information content (AvgIpc) is 2.99. The van der Waals surface area contributed by atoms with Crippen LogP contribution in [0.3, 0.4) is 0 Å². The Hall–Kier alpha value is -0.530. The van der Waals surface area contributed by atoms with E-state index in [9.17, 15) is 4.79 Å². The minimum Gasteiger partial charge on any atom is -0.341 e. The second-order valence-corrected chi connectivity index (χ2v) is 5.55. The molecule has 0 N–H and O–H groups in total. The number of hydrogen-bond donors (Lipinski definition) is 0. The number of nitrogens with zero attached hydrogens (tertiary/aromatic N) is 1. The lowest BCUT2D eigenvalue weighted by Crippen LogP contribution is -2.36. The highest BCUT2D eigenvalue weighted by Gasteiger charge is 2.25. The van der Waals surface area contributed by atoms with Gasteiger partial charge in [0.05, 0.1) is 0 Å². The molecule has 0 spiro atoms. The van der Waals surface area contributed by atoms with E-state index < -0.39 is 0 Å². The molecule has 1 amide bonds. The van der Waals surface area contributed by atoms with E-state index in [2.05, 4.69) is 20.8 Å². The van der Waals surface area contributed by atoms with Crippen molar-refractivity contribution in [2.24, 2.45) is 11.8 Å². The average molecular weight is 225 g/mol. The summed E-state index contributed by atoms with van der Waals surface area (Å²) in [7, 11) is 0. The molecule has 0 saturated heterocycles. The molecule has 0 aromatic rings. The van der Waals surface area contributed by atoms with E-state index in [1.807, 2.05) is 4.90 Å². The molecule has 0 radical (unpaired) electrons. The Morgan fingerprint density at radius 1 is 1.38 bits per heavy atom. The monoisotopic (exact) mass is 225 g/mol. The quantitative estimate of drug-likeness (QED) is 0.650. The summed E-state index contributed by atoms with van der Waals surface area (Å²) in [4.78, 5) is 13.4. The van der Waals surface area contributed by atoms with E-state index in [-0.39, 0.29) is 5.91 Å². The third-order valence-corrected chi connectivity index (χ3v) is 3.75. The number of amides is 1. The summed E-state index contributed by atoms with van der Waals surface area (Å²) in [6.07, 6.45) is 6.72. The van der Waals surface area contributed by atoms with Crippen LogP contribution < -0.4 is 0 Å². The number of carbonyl (C=O) groups excluding carboxylic acids is 1. The van der Waals surface area contributed by atoms with Crippen molar-refractivity contribution in [3.8, 4) is 0 Å². The van der Waals surface area contributed by atoms with E-state index in [1.54, 1.807) is 6.92 Å². The SMILES string of the molecule is CCC(CCN(C(C)=O)C(C)C)CC1CC1. The van der Waals surface area contributed by atoms with Gasteiger partial charge in [0.25, 0.3) is 0 Å². The molecule has 0 bridgehead atoms. The number of carbonyl (C=O) groups is 1. The molecule has 1 aliphatic carbocycles. The van der Waals surface area contributed by atoms with Gasteiger partial charge in [-0.15, -0.1) is 0 Å². The summed E-state index contributed by atoms with van der Waals surface area (Å²) in [5, 5.41) is 0. The zero-order valence-electron chi connectivity index (χ0n) is 11.3. The minimum atomic E-state index is 0.219.